The van der Waals surface area contributed by atoms with Gasteiger partial charge in [0.2, 0.25) is 0 Å². The number of aromatic amines is 1. The summed E-state index contributed by atoms with van der Waals surface area (Å²) >= 11 is 0. The number of rotatable bonds is 3. The number of primary amides is 1. The van der Waals surface area contributed by atoms with E-state index in [1.807, 2.05) is 24.3 Å². The summed E-state index contributed by atoms with van der Waals surface area (Å²) < 4.78 is 1.65. The Kier molecular flexibility index (Phi) is 3.28. The van der Waals surface area contributed by atoms with E-state index in [0.29, 0.717) is 22.6 Å². The fourth-order valence-electron chi connectivity index (χ4n) is 2.98. The van der Waals surface area contributed by atoms with Crippen LogP contribution in [0.4, 0.5) is 5.69 Å². The molecule has 0 atom stereocenters. The third kappa shape index (κ3) is 2.42. The van der Waals surface area contributed by atoms with Gasteiger partial charge in [-0.1, -0.05) is 18.2 Å². The zero-order valence-corrected chi connectivity index (χ0v) is 13.4. The molecule has 2 aromatic carbocycles. The maximum atomic E-state index is 12.3. The van der Waals surface area contributed by atoms with Crippen LogP contribution in [0.25, 0.3) is 21.8 Å². The third-order valence-corrected chi connectivity index (χ3v) is 4.18. The number of nitrogens with zero attached hydrogens (tertiary/aromatic N) is 2. The van der Waals surface area contributed by atoms with Crippen molar-refractivity contribution >= 4 is 39.3 Å². The molecule has 0 aliphatic heterocycles. The maximum absolute atomic E-state index is 12.3. The summed E-state index contributed by atoms with van der Waals surface area (Å²) in [4.78, 5) is 31.1. The van der Waals surface area contributed by atoms with Crippen molar-refractivity contribution in [2.75, 3.05) is 5.32 Å². The van der Waals surface area contributed by atoms with Gasteiger partial charge in [0.1, 0.15) is 0 Å². The van der Waals surface area contributed by atoms with E-state index in [0.717, 1.165) is 16.3 Å². The van der Waals surface area contributed by atoms with E-state index in [4.69, 9.17) is 5.73 Å². The number of hydrogen-bond acceptors (Lipinski definition) is 3. The Morgan fingerprint density at radius 2 is 2.04 bits per heavy atom. The Balaban J connectivity index is 1.77. The first-order valence-corrected chi connectivity index (χ1v) is 7.67. The Bertz CT molecular complexity index is 1140. The van der Waals surface area contributed by atoms with Gasteiger partial charge in [-0.15, -0.1) is 0 Å². The average Bonchev–Trinajstić information content (AvgIpc) is 3.17. The van der Waals surface area contributed by atoms with E-state index in [-0.39, 0.29) is 5.91 Å². The predicted octanol–water partition coefficient (Wildman–Crippen LogP) is 2.41. The Morgan fingerprint density at radius 3 is 2.76 bits per heavy atom. The quantitative estimate of drug-likeness (QED) is 0.536. The summed E-state index contributed by atoms with van der Waals surface area (Å²) in [5, 5.41) is 4.69. The second-order valence-corrected chi connectivity index (χ2v) is 5.79. The first kappa shape index (κ1) is 14.9. The highest BCUT2D eigenvalue weighted by Gasteiger charge is 2.14. The van der Waals surface area contributed by atoms with Crippen molar-refractivity contribution < 1.29 is 9.59 Å². The smallest absolute Gasteiger partial charge is 0.291 e. The summed E-state index contributed by atoms with van der Waals surface area (Å²) in [6.07, 6.45) is 3.28. The molecule has 2 amide bonds. The van der Waals surface area contributed by atoms with Gasteiger partial charge >= 0.3 is 0 Å². The van der Waals surface area contributed by atoms with Crippen LogP contribution >= 0.6 is 0 Å². The number of carbonyl (C=O) groups is 2. The van der Waals surface area contributed by atoms with Crippen molar-refractivity contribution in [2.24, 2.45) is 12.8 Å². The van der Waals surface area contributed by atoms with E-state index < -0.39 is 5.91 Å². The molecule has 0 aliphatic rings. The van der Waals surface area contributed by atoms with Gasteiger partial charge < -0.3 is 20.6 Å². The molecule has 124 valence electrons. The normalized spacial score (nSPS) is 11.1. The number of imidazole rings is 1. The number of fused-ring (bicyclic) bond motifs is 3. The van der Waals surface area contributed by atoms with Crippen molar-refractivity contribution in [2.45, 2.75) is 0 Å². The summed E-state index contributed by atoms with van der Waals surface area (Å²) in [5.41, 5.74) is 8.01. The number of carbonyl (C=O) groups excluding carboxylic acids is 2. The number of aryl methyl sites for hydroxylation is 1. The van der Waals surface area contributed by atoms with Gasteiger partial charge in [-0.05, 0) is 18.2 Å². The minimum atomic E-state index is -0.486. The summed E-state index contributed by atoms with van der Waals surface area (Å²) in [5.74, 6) is -0.450. The molecule has 7 nitrogen and oxygen atoms in total. The number of nitrogens with two attached hydrogens (primary N) is 1. The summed E-state index contributed by atoms with van der Waals surface area (Å²) in [6, 6.07) is 10.9. The first-order valence-electron chi connectivity index (χ1n) is 7.67. The van der Waals surface area contributed by atoms with Crippen LogP contribution in [0.1, 0.15) is 21.0 Å². The highest BCUT2D eigenvalue weighted by Crippen LogP contribution is 2.29. The number of para-hydroxylation sites is 1. The fraction of sp³-hybridized carbons (Fsp3) is 0.0556. The van der Waals surface area contributed by atoms with E-state index in [2.05, 4.69) is 15.3 Å². The molecule has 4 N–H and O–H groups in total. The zero-order chi connectivity index (χ0) is 17.6. The van der Waals surface area contributed by atoms with Crippen LogP contribution in [0, 0.1) is 0 Å². The lowest BCUT2D eigenvalue weighted by Gasteiger charge is -2.05. The molecule has 0 fully saturated rings. The number of amides is 2. The predicted molar refractivity (Wildman–Crippen MR) is 95.5 cm³/mol. The van der Waals surface area contributed by atoms with Crippen LogP contribution in [-0.2, 0) is 7.05 Å². The maximum Gasteiger partial charge on any atom is 0.291 e. The zero-order valence-electron chi connectivity index (χ0n) is 13.4. The van der Waals surface area contributed by atoms with Crippen LogP contribution in [0.2, 0.25) is 0 Å². The summed E-state index contributed by atoms with van der Waals surface area (Å²) in [7, 11) is 1.76. The Morgan fingerprint density at radius 1 is 1.20 bits per heavy atom. The highest BCUT2D eigenvalue weighted by atomic mass is 16.2. The van der Waals surface area contributed by atoms with Crippen molar-refractivity contribution in [3.8, 4) is 0 Å². The fourth-order valence-corrected chi connectivity index (χ4v) is 2.98. The molecule has 4 aromatic rings. The van der Waals surface area contributed by atoms with Gasteiger partial charge in [-0.3, -0.25) is 9.59 Å². The molecule has 2 aromatic heterocycles. The lowest BCUT2D eigenvalue weighted by Crippen LogP contribution is -2.16. The van der Waals surface area contributed by atoms with Crippen LogP contribution in [0.5, 0.6) is 0 Å². The molecule has 0 aliphatic carbocycles. The van der Waals surface area contributed by atoms with Crippen LogP contribution in [0.3, 0.4) is 0 Å². The monoisotopic (exact) mass is 333 g/mol. The molecule has 0 radical (unpaired) electrons. The summed E-state index contributed by atoms with van der Waals surface area (Å²) in [6.45, 7) is 0. The Labute approximate surface area is 142 Å². The molecule has 0 unspecified atom stereocenters. The van der Waals surface area contributed by atoms with Gasteiger partial charge in [-0.25, -0.2) is 4.98 Å². The second kappa shape index (κ2) is 5.48. The molecule has 0 saturated heterocycles. The lowest BCUT2D eigenvalue weighted by atomic mass is 10.1. The largest absolute Gasteiger partial charge is 0.366 e. The minimum absolute atomic E-state index is 0.291. The number of hydrogen-bond donors (Lipinski definition) is 3. The van der Waals surface area contributed by atoms with Gasteiger partial charge in [0.15, 0.2) is 5.82 Å². The van der Waals surface area contributed by atoms with Gasteiger partial charge in [-0.2, -0.15) is 0 Å². The standard InChI is InChI=1S/C18H15N5O2/c1-23-8-7-20-17(23)18(25)21-10-5-6-11-12-3-2-4-13(16(19)24)15(12)22-14(11)9-10/h2-9,22H,1H3,(H2,19,24)(H,21,25). The highest BCUT2D eigenvalue weighted by molar-refractivity contribution is 6.15. The van der Waals surface area contributed by atoms with Crippen molar-refractivity contribution in [3.05, 3.63) is 60.2 Å². The number of anilines is 1. The number of aromatic nitrogens is 3. The molecular formula is C18H15N5O2. The van der Waals surface area contributed by atoms with E-state index >= 15 is 0 Å². The van der Waals surface area contributed by atoms with E-state index in [1.54, 1.807) is 36.1 Å². The molecule has 2 heterocycles. The van der Waals surface area contributed by atoms with Crippen LogP contribution < -0.4 is 11.1 Å². The first-order chi connectivity index (χ1) is 12.0. The molecule has 0 bridgehead atoms. The SMILES string of the molecule is Cn1ccnc1C(=O)Nc1ccc2c(c1)[nH]c1c(C(N)=O)cccc12. The van der Waals surface area contributed by atoms with E-state index in [9.17, 15) is 9.59 Å². The van der Waals surface area contributed by atoms with Gasteiger partial charge in [0.25, 0.3) is 11.8 Å². The number of nitrogens with one attached hydrogen (secondary N) is 2. The molecular weight excluding hydrogens is 318 g/mol. The van der Waals surface area contributed by atoms with Crippen molar-refractivity contribution in [3.63, 3.8) is 0 Å². The number of H-pyrrole nitrogens is 1. The molecule has 0 saturated carbocycles. The molecule has 25 heavy (non-hydrogen) atoms. The Hall–Kier alpha value is -3.61. The van der Waals surface area contributed by atoms with Crippen molar-refractivity contribution in [1.82, 2.24) is 14.5 Å². The second-order valence-electron chi connectivity index (χ2n) is 5.79. The average molecular weight is 333 g/mol. The van der Waals surface area contributed by atoms with Crippen molar-refractivity contribution in [1.29, 1.82) is 0 Å². The van der Waals surface area contributed by atoms with Crippen LogP contribution in [0.15, 0.2) is 48.8 Å². The van der Waals surface area contributed by atoms with E-state index in [1.165, 1.54) is 0 Å². The van der Waals surface area contributed by atoms with Gasteiger partial charge in [0.05, 0.1) is 11.1 Å². The lowest BCUT2D eigenvalue weighted by molar-refractivity contribution is 0.0996. The van der Waals surface area contributed by atoms with Crippen LogP contribution in [-0.4, -0.2) is 26.3 Å². The molecule has 4 rings (SSSR count). The number of benzene rings is 2. The third-order valence-electron chi connectivity index (χ3n) is 4.18. The minimum Gasteiger partial charge on any atom is -0.366 e. The topological polar surface area (TPSA) is 106 Å². The van der Waals surface area contributed by atoms with Gasteiger partial charge in [0, 0.05) is 41.4 Å². The molecule has 0 spiro atoms. The molecule has 7 heteroatoms.